The SMILES string of the molecule is COC(=O)CC(O)(CC#CC(C)(C)OCc1ccccc1)C(=O)O. The summed E-state index contributed by atoms with van der Waals surface area (Å²) in [6.07, 6.45) is -1.08. The zero-order chi connectivity index (χ0) is 18.2. The smallest absolute Gasteiger partial charge is 0.337 e. The van der Waals surface area contributed by atoms with E-state index in [4.69, 9.17) is 9.84 Å². The van der Waals surface area contributed by atoms with Crippen molar-refractivity contribution in [1.82, 2.24) is 0 Å². The predicted octanol–water partition coefficient (Wildman–Crippen LogP) is 1.75. The number of ether oxygens (including phenoxy) is 2. The van der Waals surface area contributed by atoms with Gasteiger partial charge in [0.15, 0.2) is 5.60 Å². The molecule has 0 saturated carbocycles. The van der Waals surface area contributed by atoms with Crippen molar-refractivity contribution in [2.45, 2.75) is 44.5 Å². The number of methoxy groups -OCH3 is 1. The molecule has 0 heterocycles. The van der Waals surface area contributed by atoms with Crippen LogP contribution in [0.2, 0.25) is 0 Å². The lowest BCUT2D eigenvalue weighted by atomic mass is 9.95. The Bertz CT molecular complexity index is 626. The Labute approximate surface area is 141 Å². The van der Waals surface area contributed by atoms with E-state index in [0.717, 1.165) is 12.7 Å². The number of rotatable bonds is 7. The lowest BCUT2D eigenvalue weighted by Gasteiger charge is -2.21. The van der Waals surface area contributed by atoms with Crippen LogP contribution in [0.25, 0.3) is 0 Å². The number of carbonyl (C=O) groups excluding carboxylic acids is 1. The second-order valence-corrected chi connectivity index (χ2v) is 5.85. The molecule has 24 heavy (non-hydrogen) atoms. The van der Waals surface area contributed by atoms with Gasteiger partial charge in [-0.2, -0.15) is 0 Å². The van der Waals surface area contributed by atoms with Crippen LogP contribution < -0.4 is 0 Å². The van der Waals surface area contributed by atoms with Crippen LogP contribution >= 0.6 is 0 Å². The topological polar surface area (TPSA) is 93.1 Å². The monoisotopic (exact) mass is 334 g/mol. The van der Waals surface area contributed by atoms with E-state index in [1.807, 2.05) is 30.3 Å². The minimum atomic E-state index is -2.28. The fraction of sp³-hybridized carbons (Fsp3) is 0.444. The molecule has 6 heteroatoms. The average Bonchev–Trinajstić information content (AvgIpc) is 2.53. The standard InChI is InChI=1S/C18H22O6/c1-17(2,24-13-14-8-5-4-6-9-14)10-7-11-18(22,16(20)21)12-15(19)23-3/h4-6,8-9,22H,11-13H2,1-3H3,(H,20,21). The van der Waals surface area contributed by atoms with E-state index < -0.39 is 36.0 Å². The van der Waals surface area contributed by atoms with Crippen molar-refractivity contribution < 1.29 is 29.3 Å². The van der Waals surface area contributed by atoms with Crippen LogP contribution in [0.4, 0.5) is 0 Å². The van der Waals surface area contributed by atoms with Crippen LogP contribution in [0.3, 0.4) is 0 Å². The van der Waals surface area contributed by atoms with Crippen LogP contribution in [0.5, 0.6) is 0 Å². The summed E-state index contributed by atoms with van der Waals surface area (Å²) >= 11 is 0. The maximum atomic E-state index is 11.2. The van der Waals surface area contributed by atoms with Crippen LogP contribution in [-0.2, 0) is 25.7 Å². The van der Waals surface area contributed by atoms with Gasteiger partial charge in [-0.05, 0) is 19.4 Å². The molecular weight excluding hydrogens is 312 g/mol. The van der Waals surface area contributed by atoms with Gasteiger partial charge in [0.25, 0.3) is 0 Å². The maximum Gasteiger partial charge on any atom is 0.337 e. The van der Waals surface area contributed by atoms with Crippen molar-refractivity contribution in [3.63, 3.8) is 0 Å². The highest BCUT2D eigenvalue weighted by Gasteiger charge is 2.38. The highest BCUT2D eigenvalue weighted by atomic mass is 16.5. The highest BCUT2D eigenvalue weighted by molar-refractivity contribution is 5.84. The van der Waals surface area contributed by atoms with E-state index >= 15 is 0 Å². The van der Waals surface area contributed by atoms with Crippen LogP contribution in [-0.4, -0.2) is 40.5 Å². The molecule has 0 aliphatic rings. The van der Waals surface area contributed by atoms with Gasteiger partial charge in [0.05, 0.1) is 20.1 Å². The third-order valence-corrected chi connectivity index (χ3v) is 3.28. The lowest BCUT2D eigenvalue weighted by molar-refractivity contribution is -0.165. The summed E-state index contributed by atoms with van der Waals surface area (Å²) in [7, 11) is 1.12. The second kappa shape index (κ2) is 8.48. The third-order valence-electron chi connectivity index (χ3n) is 3.28. The Morgan fingerprint density at radius 2 is 1.83 bits per heavy atom. The summed E-state index contributed by atoms with van der Waals surface area (Å²) in [5.74, 6) is 3.04. The van der Waals surface area contributed by atoms with Crippen LogP contribution in [0, 0.1) is 11.8 Å². The Morgan fingerprint density at radius 1 is 1.21 bits per heavy atom. The first-order valence-corrected chi connectivity index (χ1v) is 7.39. The molecule has 0 radical (unpaired) electrons. The normalized spacial score (nSPS) is 13.3. The molecule has 0 aliphatic carbocycles. The van der Waals surface area contributed by atoms with E-state index in [0.29, 0.717) is 6.61 Å². The Morgan fingerprint density at radius 3 is 2.38 bits per heavy atom. The molecule has 0 aliphatic heterocycles. The number of aliphatic carboxylic acids is 1. The van der Waals surface area contributed by atoms with E-state index in [1.165, 1.54) is 0 Å². The molecule has 1 aromatic rings. The highest BCUT2D eigenvalue weighted by Crippen LogP contribution is 2.17. The van der Waals surface area contributed by atoms with Gasteiger partial charge in [-0.25, -0.2) is 4.79 Å². The first-order chi connectivity index (χ1) is 11.2. The molecule has 1 aromatic carbocycles. The molecule has 6 nitrogen and oxygen atoms in total. The second-order valence-electron chi connectivity index (χ2n) is 5.85. The Balaban J connectivity index is 2.69. The van der Waals surface area contributed by atoms with Gasteiger partial charge in [0.2, 0.25) is 0 Å². The van der Waals surface area contributed by atoms with E-state index in [1.54, 1.807) is 13.8 Å². The van der Waals surface area contributed by atoms with Gasteiger partial charge >= 0.3 is 11.9 Å². The van der Waals surface area contributed by atoms with Gasteiger partial charge in [-0.3, -0.25) is 4.79 Å². The van der Waals surface area contributed by atoms with E-state index in [2.05, 4.69) is 16.6 Å². The summed E-state index contributed by atoms with van der Waals surface area (Å²) in [4.78, 5) is 22.4. The van der Waals surface area contributed by atoms with Crippen LogP contribution in [0.1, 0.15) is 32.3 Å². The third kappa shape index (κ3) is 6.41. The summed E-state index contributed by atoms with van der Waals surface area (Å²) < 4.78 is 10.1. The summed E-state index contributed by atoms with van der Waals surface area (Å²) in [6, 6.07) is 9.54. The number of aliphatic hydroxyl groups is 1. The summed E-state index contributed by atoms with van der Waals surface area (Å²) in [6.45, 7) is 3.83. The van der Waals surface area contributed by atoms with Crippen LogP contribution in [0.15, 0.2) is 30.3 Å². The Hall–Kier alpha value is -2.36. The van der Waals surface area contributed by atoms with Gasteiger partial charge < -0.3 is 19.7 Å². The van der Waals surface area contributed by atoms with Gasteiger partial charge in [-0.1, -0.05) is 42.2 Å². The van der Waals surface area contributed by atoms with E-state index in [9.17, 15) is 14.7 Å². The molecule has 0 aromatic heterocycles. The first-order valence-electron chi connectivity index (χ1n) is 7.39. The number of benzene rings is 1. The lowest BCUT2D eigenvalue weighted by Crippen LogP contribution is -2.40. The largest absolute Gasteiger partial charge is 0.479 e. The summed E-state index contributed by atoms with van der Waals surface area (Å²) in [5, 5.41) is 19.2. The summed E-state index contributed by atoms with van der Waals surface area (Å²) in [5.41, 5.74) is -2.13. The molecule has 130 valence electrons. The van der Waals surface area contributed by atoms with Crippen molar-refractivity contribution in [2.24, 2.45) is 0 Å². The predicted molar refractivity (Wildman–Crippen MR) is 86.9 cm³/mol. The minimum absolute atomic E-state index is 0.355. The van der Waals surface area contributed by atoms with Crippen molar-refractivity contribution in [2.75, 3.05) is 7.11 Å². The molecule has 0 fully saturated rings. The minimum Gasteiger partial charge on any atom is -0.479 e. The fourth-order valence-electron chi connectivity index (χ4n) is 1.80. The number of hydrogen-bond acceptors (Lipinski definition) is 5. The first kappa shape index (κ1) is 19.7. The fourth-order valence-corrected chi connectivity index (χ4v) is 1.80. The molecule has 1 unspecified atom stereocenters. The van der Waals surface area contributed by atoms with E-state index in [-0.39, 0.29) is 0 Å². The molecule has 0 saturated heterocycles. The zero-order valence-corrected chi connectivity index (χ0v) is 14.0. The zero-order valence-electron chi connectivity index (χ0n) is 14.0. The quantitative estimate of drug-likeness (QED) is 0.583. The van der Waals surface area contributed by atoms with Crippen molar-refractivity contribution in [3.8, 4) is 11.8 Å². The molecule has 1 rings (SSSR count). The van der Waals surface area contributed by atoms with Gasteiger partial charge in [0.1, 0.15) is 5.60 Å². The number of carboxylic acid groups (broad SMARTS) is 1. The molecule has 2 N–H and O–H groups in total. The molecule has 1 atom stereocenters. The number of carbonyl (C=O) groups is 2. The molecular formula is C18H22O6. The number of carboxylic acids is 1. The molecule has 0 amide bonds. The van der Waals surface area contributed by atoms with Gasteiger partial charge in [-0.15, -0.1) is 0 Å². The van der Waals surface area contributed by atoms with Gasteiger partial charge in [0, 0.05) is 6.42 Å². The number of esters is 1. The molecule has 0 bridgehead atoms. The number of hydrogen-bond donors (Lipinski definition) is 2. The van der Waals surface area contributed by atoms with Crippen molar-refractivity contribution in [3.05, 3.63) is 35.9 Å². The molecule has 0 spiro atoms. The Kier molecular flexibility index (Phi) is 6.96. The average molecular weight is 334 g/mol. The van der Waals surface area contributed by atoms with Crippen molar-refractivity contribution >= 4 is 11.9 Å². The maximum absolute atomic E-state index is 11.2. The van der Waals surface area contributed by atoms with Crippen molar-refractivity contribution in [1.29, 1.82) is 0 Å².